The first-order valence-electron chi connectivity index (χ1n) is 11.1. The molecule has 1 saturated heterocycles. The summed E-state index contributed by atoms with van der Waals surface area (Å²) in [7, 11) is -0.867. The van der Waals surface area contributed by atoms with Crippen molar-refractivity contribution in [1.82, 2.24) is 4.31 Å². The number of fused-ring (bicyclic) bond motifs is 1. The molecule has 9 nitrogen and oxygen atoms in total. The number of aryl methyl sites for hydroxylation is 1. The van der Waals surface area contributed by atoms with Gasteiger partial charge in [0.05, 0.1) is 31.3 Å². The molecule has 2 aliphatic heterocycles. The predicted octanol–water partition coefficient (Wildman–Crippen LogP) is 2.37. The second-order valence-electron chi connectivity index (χ2n) is 8.36. The van der Waals surface area contributed by atoms with Crippen LogP contribution in [-0.4, -0.2) is 64.6 Å². The normalized spacial score (nSPS) is 19.1. The summed E-state index contributed by atoms with van der Waals surface area (Å²) in [4.78, 5) is 27.3. The molecule has 1 amide bonds. The number of amides is 1. The van der Waals surface area contributed by atoms with Gasteiger partial charge in [0.1, 0.15) is 11.5 Å². The monoisotopic (exact) mass is 488 g/mol. The van der Waals surface area contributed by atoms with Gasteiger partial charge in [0.25, 0.3) is 0 Å². The zero-order chi connectivity index (χ0) is 24.5. The van der Waals surface area contributed by atoms with Crippen LogP contribution in [0, 0.1) is 12.8 Å². The predicted molar refractivity (Wildman–Crippen MR) is 124 cm³/mol. The molecule has 0 spiro atoms. The van der Waals surface area contributed by atoms with Gasteiger partial charge in [0.15, 0.2) is 0 Å². The average Bonchev–Trinajstić information content (AvgIpc) is 2.87. The molecule has 0 radical (unpaired) electrons. The molecular weight excluding hydrogens is 460 g/mol. The number of esters is 1. The van der Waals surface area contributed by atoms with Crippen molar-refractivity contribution in [3.8, 4) is 11.5 Å². The maximum atomic E-state index is 13.5. The lowest BCUT2D eigenvalue weighted by atomic mass is 9.95. The van der Waals surface area contributed by atoms with Crippen molar-refractivity contribution in [3.05, 3.63) is 48.0 Å². The summed E-state index contributed by atoms with van der Waals surface area (Å²) < 4.78 is 43.5. The van der Waals surface area contributed by atoms with Gasteiger partial charge >= 0.3 is 5.97 Å². The Labute approximate surface area is 199 Å². The van der Waals surface area contributed by atoms with E-state index in [4.69, 9.17) is 14.2 Å². The minimum absolute atomic E-state index is 0.0478. The Bertz CT molecular complexity index is 1190. The summed E-state index contributed by atoms with van der Waals surface area (Å²) in [5, 5.41) is 0. The molecule has 2 aromatic carbocycles. The Morgan fingerprint density at radius 1 is 1.06 bits per heavy atom. The standard InChI is InChI=1S/C24H28N2O7S/c1-16-14-18(8-9-20(16)31-2)34(29,30)25-12-10-17(11-13-25)23(27)26-15-22(24(28)32-3)33-21-7-5-4-6-19(21)26/h4-9,14,17,22H,10-13,15H2,1-3H3/t22-/m0/s1. The molecular formula is C24H28N2O7S. The highest BCUT2D eigenvalue weighted by Gasteiger charge is 2.39. The van der Waals surface area contributed by atoms with E-state index in [0.717, 1.165) is 5.56 Å². The summed E-state index contributed by atoms with van der Waals surface area (Å²) >= 11 is 0. The van der Waals surface area contributed by atoms with Crippen LogP contribution in [-0.2, 0) is 24.3 Å². The molecule has 10 heteroatoms. The van der Waals surface area contributed by atoms with Crippen molar-refractivity contribution < 1.29 is 32.2 Å². The third-order valence-electron chi connectivity index (χ3n) is 6.31. The lowest BCUT2D eigenvalue weighted by Crippen LogP contribution is -2.51. The third-order valence-corrected chi connectivity index (χ3v) is 8.21. The zero-order valence-corrected chi connectivity index (χ0v) is 20.2. The molecule has 2 aliphatic rings. The number of hydrogen-bond acceptors (Lipinski definition) is 7. The van der Waals surface area contributed by atoms with Crippen LogP contribution in [0.25, 0.3) is 0 Å². The fraction of sp³-hybridized carbons (Fsp3) is 0.417. The van der Waals surface area contributed by atoms with E-state index in [1.54, 1.807) is 55.3 Å². The molecule has 0 aliphatic carbocycles. The van der Waals surface area contributed by atoms with Crippen LogP contribution in [0.5, 0.6) is 11.5 Å². The van der Waals surface area contributed by atoms with Crippen molar-refractivity contribution >= 4 is 27.6 Å². The Hall–Kier alpha value is -3.11. The number of carbonyl (C=O) groups excluding carboxylic acids is 2. The maximum absolute atomic E-state index is 13.5. The lowest BCUT2D eigenvalue weighted by Gasteiger charge is -2.37. The van der Waals surface area contributed by atoms with Gasteiger partial charge in [-0.25, -0.2) is 13.2 Å². The number of piperidine rings is 1. The molecule has 0 aromatic heterocycles. The van der Waals surface area contributed by atoms with Gasteiger partial charge in [-0.2, -0.15) is 4.31 Å². The topological polar surface area (TPSA) is 102 Å². The Morgan fingerprint density at radius 3 is 2.41 bits per heavy atom. The molecule has 2 heterocycles. The molecule has 2 aromatic rings. The number of methoxy groups -OCH3 is 2. The average molecular weight is 489 g/mol. The minimum Gasteiger partial charge on any atom is -0.496 e. The van der Waals surface area contributed by atoms with E-state index in [0.29, 0.717) is 30.0 Å². The molecule has 0 saturated carbocycles. The first kappa shape index (κ1) is 24.0. The summed E-state index contributed by atoms with van der Waals surface area (Å²) in [6.45, 7) is 2.31. The zero-order valence-electron chi connectivity index (χ0n) is 19.4. The Balaban J connectivity index is 1.48. The molecule has 34 heavy (non-hydrogen) atoms. The molecule has 0 bridgehead atoms. The van der Waals surface area contributed by atoms with Gasteiger partial charge in [-0.15, -0.1) is 0 Å². The number of sulfonamides is 1. The van der Waals surface area contributed by atoms with E-state index in [1.165, 1.54) is 17.5 Å². The van der Waals surface area contributed by atoms with Crippen LogP contribution in [0.15, 0.2) is 47.4 Å². The van der Waals surface area contributed by atoms with Crippen molar-refractivity contribution in [2.24, 2.45) is 5.92 Å². The summed E-state index contributed by atoms with van der Waals surface area (Å²) in [6, 6.07) is 11.8. The van der Waals surface area contributed by atoms with Gasteiger partial charge in [-0.1, -0.05) is 12.1 Å². The van der Waals surface area contributed by atoms with Crippen LogP contribution in [0.1, 0.15) is 18.4 Å². The van der Waals surface area contributed by atoms with E-state index in [-0.39, 0.29) is 36.4 Å². The number of hydrogen-bond donors (Lipinski definition) is 0. The minimum atomic E-state index is -3.68. The van der Waals surface area contributed by atoms with Crippen LogP contribution in [0.4, 0.5) is 5.69 Å². The quantitative estimate of drug-likeness (QED) is 0.596. The maximum Gasteiger partial charge on any atom is 0.348 e. The molecule has 1 atom stereocenters. The van der Waals surface area contributed by atoms with Crippen molar-refractivity contribution in [2.45, 2.75) is 30.8 Å². The third kappa shape index (κ3) is 4.47. The Morgan fingerprint density at radius 2 is 1.76 bits per heavy atom. The number of carbonyl (C=O) groups is 2. The largest absolute Gasteiger partial charge is 0.496 e. The SMILES string of the molecule is COC(=O)[C@@H]1CN(C(=O)C2CCN(S(=O)(=O)c3ccc(OC)c(C)c3)CC2)c2ccccc2O1. The summed E-state index contributed by atoms with van der Waals surface area (Å²) in [5.41, 5.74) is 1.33. The Kier molecular flexibility index (Phi) is 6.81. The van der Waals surface area contributed by atoms with Gasteiger partial charge < -0.3 is 19.1 Å². The van der Waals surface area contributed by atoms with E-state index in [9.17, 15) is 18.0 Å². The van der Waals surface area contributed by atoms with Crippen LogP contribution in [0.3, 0.4) is 0 Å². The molecule has 1 fully saturated rings. The summed E-state index contributed by atoms with van der Waals surface area (Å²) in [6.07, 6.45) is -0.145. The highest BCUT2D eigenvalue weighted by Crippen LogP contribution is 2.36. The van der Waals surface area contributed by atoms with E-state index in [1.807, 2.05) is 0 Å². The van der Waals surface area contributed by atoms with E-state index < -0.39 is 22.1 Å². The van der Waals surface area contributed by atoms with Crippen molar-refractivity contribution in [3.63, 3.8) is 0 Å². The van der Waals surface area contributed by atoms with Gasteiger partial charge in [0.2, 0.25) is 22.0 Å². The van der Waals surface area contributed by atoms with Gasteiger partial charge in [0, 0.05) is 19.0 Å². The van der Waals surface area contributed by atoms with Crippen molar-refractivity contribution in [1.29, 1.82) is 0 Å². The first-order chi connectivity index (χ1) is 16.3. The first-order valence-corrected chi connectivity index (χ1v) is 12.5. The van der Waals surface area contributed by atoms with Gasteiger partial charge in [-0.05, 0) is 55.7 Å². The van der Waals surface area contributed by atoms with Crippen LogP contribution in [0.2, 0.25) is 0 Å². The van der Waals surface area contributed by atoms with E-state index >= 15 is 0 Å². The van der Waals surface area contributed by atoms with E-state index in [2.05, 4.69) is 0 Å². The number of para-hydroxylation sites is 2. The van der Waals surface area contributed by atoms with Crippen LogP contribution < -0.4 is 14.4 Å². The second-order valence-corrected chi connectivity index (χ2v) is 10.3. The fourth-order valence-electron chi connectivity index (χ4n) is 4.42. The number of nitrogens with zero attached hydrogens (tertiary/aromatic N) is 2. The van der Waals surface area contributed by atoms with Gasteiger partial charge in [-0.3, -0.25) is 4.79 Å². The second kappa shape index (κ2) is 9.63. The number of rotatable bonds is 5. The highest BCUT2D eigenvalue weighted by atomic mass is 32.2. The molecule has 4 rings (SSSR count). The number of benzene rings is 2. The van der Waals surface area contributed by atoms with Crippen molar-refractivity contribution in [2.75, 3.05) is 38.8 Å². The number of ether oxygens (including phenoxy) is 3. The van der Waals surface area contributed by atoms with Crippen LogP contribution >= 0.6 is 0 Å². The fourth-order valence-corrected chi connectivity index (χ4v) is 5.98. The lowest BCUT2D eigenvalue weighted by molar-refractivity contribution is -0.148. The molecule has 0 unspecified atom stereocenters. The smallest absolute Gasteiger partial charge is 0.348 e. The highest BCUT2D eigenvalue weighted by molar-refractivity contribution is 7.89. The number of anilines is 1. The summed E-state index contributed by atoms with van der Waals surface area (Å²) in [5.74, 6) is -0.00908. The molecule has 182 valence electrons. The molecule has 0 N–H and O–H groups in total.